The molecule has 93 heavy (non-hydrogen) atoms. The predicted molar refractivity (Wildman–Crippen MR) is 336 cm³/mol. The fourth-order valence-electron chi connectivity index (χ4n) is 10.1. The highest BCUT2D eigenvalue weighted by Gasteiger charge is 2.43. The summed E-state index contributed by atoms with van der Waals surface area (Å²) < 4.78 is 0. The second-order valence-corrected chi connectivity index (χ2v) is 24.6. The molecule has 0 aromatic heterocycles. The number of nitrogens with one attached hydrogen (secondary N) is 9. The van der Waals surface area contributed by atoms with Crippen LogP contribution in [-0.4, -0.2) is 252 Å². The average molecular weight is 1350 g/mol. The molecule has 12 atom stereocenters. The highest BCUT2D eigenvalue weighted by Crippen LogP contribution is 2.24. The van der Waals surface area contributed by atoms with Gasteiger partial charge in [0.25, 0.3) is 0 Å². The molecule has 34 heteroatoms. The Kier molecular flexibility index (Phi) is 31.5. The molecule has 0 radical (unpaired) electrons. The Balaban J connectivity index is 1.45. The fraction of sp³-hybridized carbons (Fsp3) is 0.576. The van der Waals surface area contributed by atoms with Crippen molar-refractivity contribution in [3.63, 3.8) is 0 Å². The number of benzene rings is 2. The lowest BCUT2D eigenvalue weighted by molar-refractivity contribution is -0.145. The number of phenols is 2. The number of carbonyl (C=O) groups excluding carboxylic acids is 11. The zero-order valence-corrected chi connectivity index (χ0v) is 53.8. The molecule has 0 saturated carbocycles. The van der Waals surface area contributed by atoms with Gasteiger partial charge in [-0.2, -0.15) is 23.5 Å². The van der Waals surface area contributed by atoms with Crippen LogP contribution in [0.2, 0.25) is 0 Å². The SMILES string of the molecule is CSCC[C@H](NC(=O)[C@H](CCSC)NC(=O)[C@@H]1CCCN1C(=O)[C@@H](NC(=O)[C@H](CO)NC(=O)[C@H](CC(=O)O)NC(=O)[C@@H]1CCCN1C(=O)[C@H](Cc1ccc(O)cc1)NC(=O)[C@H](C)NC(=O)[C@H](CO)NC(=O)[C@@H](N)Cc1ccc(O)cc1)C(C)C)C(=O)N[C@@H](CO)C(=O)O. The molecule has 2 aromatic rings. The van der Waals surface area contributed by atoms with E-state index in [1.54, 1.807) is 26.4 Å². The van der Waals surface area contributed by atoms with E-state index in [2.05, 4.69) is 47.9 Å². The standard InChI is InChI=1S/C59H86N12O20S2/c1-30(2)47(58(89)71-21-7-9-45(71)55(86)63-38(19-23-93-5)50(81)62-37(18-22-92-4)51(82)68-43(29-74)59(90)91)69-54(85)42(28-73)67-52(83)39(26-46(77)78)64-56(87)44-8-6-20-70(44)57(88)40(25-33-12-16-35(76)17-13-33)65-48(79)31(3)61-53(84)41(27-72)66-49(80)36(60)24-32-10-14-34(75)15-11-32/h10-17,30-31,36-45,47,72-76H,6-9,18-29,60H2,1-5H3,(H,61,84)(H,62,81)(H,63,86)(H,64,87)(H,65,79)(H,66,80)(H,67,83)(H,68,82)(H,69,85)(H,77,78)(H,90,91)/t31-,36-,37-,38-,39-,40-,41-,42-,43-,44-,45-,47-/m0/s1. The van der Waals surface area contributed by atoms with Crippen LogP contribution in [0.5, 0.6) is 11.5 Å². The van der Waals surface area contributed by atoms with Gasteiger partial charge in [-0.1, -0.05) is 38.1 Å². The number of carbonyl (C=O) groups is 13. The van der Waals surface area contributed by atoms with Gasteiger partial charge in [-0.3, -0.25) is 57.5 Å². The van der Waals surface area contributed by atoms with E-state index in [1.165, 1.54) is 83.9 Å². The quantitative estimate of drug-likeness (QED) is 0.0302. The third-order valence-electron chi connectivity index (χ3n) is 15.3. The van der Waals surface area contributed by atoms with Gasteiger partial charge in [0.15, 0.2) is 0 Å². The molecule has 11 amide bonds. The summed E-state index contributed by atoms with van der Waals surface area (Å²) in [5, 5.41) is 90.5. The van der Waals surface area contributed by atoms with Crippen LogP contribution in [0.25, 0.3) is 0 Å². The third-order valence-corrected chi connectivity index (χ3v) is 16.6. The van der Waals surface area contributed by atoms with E-state index < -0.39 is 182 Å². The summed E-state index contributed by atoms with van der Waals surface area (Å²) in [4.78, 5) is 178. The van der Waals surface area contributed by atoms with Crippen LogP contribution < -0.4 is 53.6 Å². The highest BCUT2D eigenvalue weighted by atomic mass is 32.2. The van der Waals surface area contributed by atoms with E-state index in [0.717, 1.165) is 4.90 Å². The van der Waals surface area contributed by atoms with Crippen molar-refractivity contribution < 1.29 is 98.1 Å². The van der Waals surface area contributed by atoms with Gasteiger partial charge in [-0.15, -0.1) is 0 Å². The van der Waals surface area contributed by atoms with Gasteiger partial charge in [0.1, 0.15) is 78.0 Å². The molecule has 2 aliphatic heterocycles. The van der Waals surface area contributed by atoms with Crippen molar-refractivity contribution in [1.82, 2.24) is 57.7 Å². The van der Waals surface area contributed by atoms with Crippen LogP contribution in [0, 0.1) is 5.92 Å². The van der Waals surface area contributed by atoms with Crippen molar-refractivity contribution in [3.05, 3.63) is 59.7 Å². The minimum Gasteiger partial charge on any atom is -0.508 e. The second kappa shape index (κ2) is 38.0. The van der Waals surface area contributed by atoms with Gasteiger partial charge >= 0.3 is 11.9 Å². The molecule has 0 unspecified atom stereocenters. The molecule has 18 N–H and O–H groups in total. The first-order chi connectivity index (χ1) is 44.1. The number of hydrogen-bond acceptors (Lipinski definition) is 21. The molecule has 2 aliphatic rings. The lowest BCUT2D eigenvalue weighted by Crippen LogP contribution is -2.61. The number of carboxylic acid groups (broad SMARTS) is 2. The lowest BCUT2D eigenvalue weighted by atomic mass is 10.0. The molecule has 514 valence electrons. The molecular weight excluding hydrogens is 1260 g/mol. The zero-order valence-electron chi connectivity index (χ0n) is 52.2. The topological polar surface area (TPSA) is 504 Å². The molecule has 0 bridgehead atoms. The summed E-state index contributed by atoms with van der Waals surface area (Å²) in [6.45, 7) is 1.37. The summed E-state index contributed by atoms with van der Waals surface area (Å²) in [6.07, 6.45) is 2.93. The fourth-order valence-corrected chi connectivity index (χ4v) is 11.0. The van der Waals surface area contributed by atoms with Crippen molar-refractivity contribution in [3.8, 4) is 11.5 Å². The maximum atomic E-state index is 14.6. The summed E-state index contributed by atoms with van der Waals surface area (Å²) in [7, 11) is 0. The Morgan fingerprint density at radius 2 is 0.892 bits per heavy atom. The smallest absolute Gasteiger partial charge is 0.328 e. The zero-order chi connectivity index (χ0) is 69.2. The van der Waals surface area contributed by atoms with Crippen molar-refractivity contribution in [2.24, 2.45) is 11.7 Å². The first kappa shape index (κ1) is 77.1. The molecule has 2 saturated heterocycles. The largest absolute Gasteiger partial charge is 0.508 e. The van der Waals surface area contributed by atoms with Crippen molar-refractivity contribution in [2.45, 2.75) is 151 Å². The summed E-state index contributed by atoms with van der Waals surface area (Å²) in [5.41, 5.74) is 7.03. The average Bonchev–Trinajstić information content (AvgIpc) is 1.84. The lowest BCUT2D eigenvalue weighted by Gasteiger charge is -2.32. The number of nitrogens with two attached hydrogens (primary N) is 1. The first-order valence-electron chi connectivity index (χ1n) is 30.0. The van der Waals surface area contributed by atoms with Crippen LogP contribution in [0.3, 0.4) is 0 Å². The maximum Gasteiger partial charge on any atom is 0.328 e. The van der Waals surface area contributed by atoms with Gasteiger partial charge in [0.05, 0.1) is 32.3 Å². The van der Waals surface area contributed by atoms with Gasteiger partial charge in [-0.05, 0) is 117 Å². The Hall–Kier alpha value is -8.31. The minimum atomic E-state index is -1.95. The van der Waals surface area contributed by atoms with Crippen molar-refractivity contribution in [2.75, 3.05) is 56.9 Å². The normalized spacial score (nSPS) is 17.7. The van der Waals surface area contributed by atoms with Gasteiger partial charge in [0.2, 0.25) is 65.0 Å². The van der Waals surface area contributed by atoms with E-state index in [-0.39, 0.29) is 69.5 Å². The minimum absolute atomic E-state index is 0.00214. The number of phenolic OH excluding ortho intramolecular Hbond substituents is 2. The Bertz CT molecular complexity index is 2950. The molecule has 4 rings (SSSR count). The van der Waals surface area contributed by atoms with Crippen LogP contribution in [0.15, 0.2) is 48.5 Å². The Morgan fingerprint density at radius 1 is 0.495 bits per heavy atom. The van der Waals surface area contributed by atoms with Crippen LogP contribution in [0.1, 0.15) is 76.8 Å². The molecule has 2 fully saturated rings. The molecule has 2 heterocycles. The van der Waals surface area contributed by atoms with E-state index in [0.29, 0.717) is 29.1 Å². The van der Waals surface area contributed by atoms with Crippen LogP contribution in [0.4, 0.5) is 0 Å². The second-order valence-electron chi connectivity index (χ2n) is 22.7. The van der Waals surface area contributed by atoms with Crippen LogP contribution in [-0.2, 0) is 75.2 Å². The number of nitrogens with zero attached hydrogens (tertiary/aromatic N) is 2. The molecular formula is C59H86N12O20S2. The van der Waals surface area contributed by atoms with E-state index >= 15 is 0 Å². The number of rotatable bonds is 37. The summed E-state index contributed by atoms with van der Waals surface area (Å²) in [6, 6.07) is -6.19. The van der Waals surface area contributed by atoms with E-state index in [9.17, 15) is 98.1 Å². The number of amides is 11. The van der Waals surface area contributed by atoms with E-state index in [4.69, 9.17) is 5.73 Å². The number of carboxylic acids is 2. The number of hydrogen-bond donors (Lipinski definition) is 17. The molecule has 2 aromatic carbocycles. The third kappa shape index (κ3) is 23.6. The van der Waals surface area contributed by atoms with Gasteiger partial charge in [0, 0.05) is 19.5 Å². The number of aliphatic carboxylic acids is 2. The monoisotopic (exact) mass is 1350 g/mol. The highest BCUT2D eigenvalue weighted by molar-refractivity contribution is 7.98. The first-order valence-corrected chi connectivity index (χ1v) is 32.8. The number of aliphatic hydroxyl groups excluding tert-OH is 3. The van der Waals surface area contributed by atoms with Crippen LogP contribution >= 0.6 is 23.5 Å². The number of thioether (sulfide) groups is 2. The van der Waals surface area contributed by atoms with Crippen molar-refractivity contribution in [1.29, 1.82) is 0 Å². The molecule has 0 aliphatic carbocycles. The Labute approximate surface area is 544 Å². The predicted octanol–water partition coefficient (Wildman–Crippen LogP) is -4.73. The Morgan fingerprint density at radius 3 is 1.35 bits per heavy atom. The van der Waals surface area contributed by atoms with Gasteiger partial charge in [-0.25, -0.2) is 4.79 Å². The number of likely N-dealkylation sites (tertiary alicyclic amines) is 2. The number of aliphatic hydroxyl groups is 3. The summed E-state index contributed by atoms with van der Waals surface area (Å²) >= 11 is 2.70. The molecule has 32 nitrogen and oxygen atoms in total. The summed E-state index contributed by atoms with van der Waals surface area (Å²) in [5.74, 6) is -13.4. The van der Waals surface area contributed by atoms with Gasteiger partial charge < -0.3 is 99.1 Å². The molecule has 0 spiro atoms. The van der Waals surface area contributed by atoms with E-state index in [1.807, 2.05) is 0 Å². The number of aromatic hydroxyl groups is 2. The maximum absolute atomic E-state index is 14.6. The van der Waals surface area contributed by atoms with Crippen molar-refractivity contribution >= 4 is 100 Å².